The zero-order valence-corrected chi connectivity index (χ0v) is 84.8. The lowest BCUT2D eigenvalue weighted by molar-refractivity contribution is -0.118. The highest BCUT2D eigenvalue weighted by Crippen LogP contribution is 2.46. The summed E-state index contributed by atoms with van der Waals surface area (Å²) >= 11 is 11.4. The minimum absolute atomic E-state index is 0.0365. The van der Waals surface area contributed by atoms with Crippen LogP contribution in [0.4, 0.5) is 0 Å². The van der Waals surface area contributed by atoms with Crippen molar-refractivity contribution in [2.24, 2.45) is 5.73 Å². The second-order valence-electron chi connectivity index (χ2n) is 33.1. The summed E-state index contributed by atoms with van der Waals surface area (Å²) in [6.45, 7) is 28.1. The molecule has 18 N–H and O–H groups in total. The monoisotopic (exact) mass is 2110 g/mol. The van der Waals surface area contributed by atoms with Gasteiger partial charge in [-0.2, -0.15) is 22.1 Å². The highest BCUT2D eigenvalue weighted by atomic mass is 32.2. The first-order chi connectivity index (χ1) is 69.5. The summed E-state index contributed by atoms with van der Waals surface area (Å²) in [7, 11) is -6.94. The zero-order chi connectivity index (χ0) is 104. The number of nitrogens with one attached hydrogen (secondary N) is 2. The first-order valence-corrected chi connectivity index (χ1v) is 52.0. The molecular weight excluding hydrogens is 2010 g/mol. The van der Waals surface area contributed by atoms with Crippen LogP contribution >= 0.6 is 93.2 Å². The third-order valence-corrected chi connectivity index (χ3v) is 31.4. The molecule has 7 aliphatic rings. The van der Waals surface area contributed by atoms with E-state index >= 15 is 0 Å². The molecule has 0 radical (unpaired) electrons. The van der Waals surface area contributed by atoms with Crippen LogP contribution in [0.2, 0.25) is 0 Å². The van der Waals surface area contributed by atoms with Crippen LogP contribution in [0.3, 0.4) is 0 Å². The molecule has 12 aromatic rings. The third kappa shape index (κ3) is 30.0. The Bertz CT molecular complexity index is 6520. The van der Waals surface area contributed by atoms with E-state index in [4.69, 9.17) is 48.5 Å². The highest BCUT2D eigenvalue weighted by Gasteiger charge is 2.45. The summed E-state index contributed by atoms with van der Waals surface area (Å²) in [5, 5.41) is 166. The second kappa shape index (κ2) is 52.1. The normalized spacial score (nSPS) is 17.1. The van der Waals surface area contributed by atoms with Gasteiger partial charge < -0.3 is 114 Å². The molecule has 4 aromatic heterocycles. The van der Waals surface area contributed by atoms with Gasteiger partial charge >= 0.3 is 49.8 Å². The van der Waals surface area contributed by atoms with Crippen molar-refractivity contribution < 1.29 is 118 Å². The molecule has 1 amide bonds. The molecule has 0 saturated carbocycles. The number of carbonyl (C=O) groups is 2. The van der Waals surface area contributed by atoms with Gasteiger partial charge in [0.2, 0.25) is 5.91 Å². The van der Waals surface area contributed by atoms with Crippen LogP contribution < -0.4 is 38.3 Å². The molecule has 48 heteroatoms. The predicted octanol–water partition coefficient (Wildman–Crippen LogP) is 15.4. The van der Waals surface area contributed by atoms with E-state index in [-0.39, 0.29) is 95.7 Å². The molecule has 0 unspecified atom stereocenters. The SMILES string of the molecule is C=C(O)c1cccc2c1OB(O)[C@@H](OCc1ccccc1)C2.C=C(O)c1cccc2c1OB(O)[C@@H](SC(C)=N)C2.C=C(O)c1cccc2c1OB(O)[C@@H](SCCC(N)=O)C2.C=C(O)c1cccc2c1OB(O)[C@@H](Sc1cccnc1)C2.C=C(O)c1cccc2c1OB(O)[C@@H](Sc1cn[nH]n1)C2.C=C(O)c1cccc2c1OB(O)[C@@H](Sc1nccs1)C2.C=C(O)c1cccc2c1OB(O)[C@@H](Sc1nnc(CC(C)=O)s1)C2. The Balaban J connectivity index is 0.000000142. The number of benzene rings is 8. The molecule has 0 fully saturated rings. The summed E-state index contributed by atoms with van der Waals surface area (Å²) in [5.41, 5.74) is 16.1. The van der Waals surface area contributed by atoms with Gasteiger partial charge in [0.15, 0.2) is 4.34 Å². The molecule has 0 saturated heterocycles. The van der Waals surface area contributed by atoms with Crippen LogP contribution in [-0.2, 0) is 72.3 Å². The van der Waals surface area contributed by atoms with E-state index in [1.54, 1.807) is 74.2 Å². The fraction of sp³-hybridized carbons (Fsp3) is 0.206. The highest BCUT2D eigenvalue weighted by molar-refractivity contribution is 8.15. The molecule has 0 aliphatic carbocycles. The quantitative estimate of drug-likeness (QED) is 0.0109. The van der Waals surface area contributed by atoms with E-state index in [0.29, 0.717) is 156 Å². The largest absolute Gasteiger partial charge is 0.554 e. The minimum atomic E-state index is -1.07. The van der Waals surface area contributed by atoms with Crippen LogP contribution in [0.5, 0.6) is 40.2 Å². The van der Waals surface area contributed by atoms with Gasteiger partial charge in [0.05, 0.1) is 94.1 Å². The maximum Gasteiger partial charge on any atom is 0.554 e. The molecule has 0 spiro atoms. The Morgan fingerprint density at radius 2 is 0.814 bits per heavy atom. The molecule has 746 valence electrons. The molecule has 7 aliphatic heterocycles. The van der Waals surface area contributed by atoms with Crippen molar-refractivity contribution in [3.63, 3.8) is 0 Å². The molecule has 19 rings (SSSR count). The lowest BCUT2D eigenvalue weighted by Gasteiger charge is -2.28. The Hall–Kier alpha value is -12.3. The van der Waals surface area contributed by atoms with E-state index < -0.39 is 55.8 Å². The lowest BCUT2D eigenvalue weighted by Crippen LogP contribution is -2.44. The number of carbonyl (C=O) groups excluding carboxylic acids is 2. The Kier molecular flexibility index (Phi) is 39.5. The average molecular weight is 2110 g/mol. The standard InChI is InChI=1S/C17H17BO4.C15H15BN2O4S2.C15H14BNO3S.C13H16BNO4S.C13H12BNO3S2.C12H12BN3O3S.C12H14BNO3S/c1-12(19)15-9-5-8-14-10-16(18(20)22-17(14)15)21-11-13-6-3-2-4-7-13;1-8(19)6-13-17-18-15(24-13)23-12-7-10-4-3-5-11(9(2)20)14(10)22-16(12)21;1-10(18)13-6-2-4-11-8-14(16(19)20-15(11)13)21-12-5-3-7-17-9-12;1-8(16)10-4-2-3-9-7-11(14(18)19-13(9)10)20-6-5-12(15)17;1-8(16)10-4-2-3-9-7-11(14(17)18-12(9)10)20-13-15-5-6-19-13;1-7(17)9-4-2-3-8-5-10(13(18)19-12(8)9)20-11-6-14-16-15-11;1-7(15)10-5-3-4-9-6-11(18-8(2)14)13(16)17-12(9)10/h2-9,16,19-20H,1,10-11H2;3-5,12,20-21H,2,6-7H2,1H3;2-7,9,14,18-19H,1,8H2;2-4,11,16,18H,1,5-7H2,(H2,15,17);2-6,11,16-17H,1,7H2;2-4,6,10,17-18H,1,5H2,(H,14,15,16);3-5,11,14-16H,1,6H2,2H3/t16-;12-;14-;2*11-;10-;11-/m0000000/s1. The maximum atomic E-state index is 11.1. The molecule has 0 bridgehead atoms. The number of ether oxygens (including phenoxy) is 1. The lowest BCUT2D eigenvalue weighted by atomic mass is 9.74. The van der Waals surface area contributed by atoms with Gasteiger partial charge in [0.25, 0.3) is 0 Å². The zero-order valence-electron chi connectivity index (χ0n) is 78.2. The molecule has 7 atom stereocenters. The van der Waals surface area contributed by atoms with Crippen LogP contribution in [0.25, 0.3) is 40.3 Å². The summed E-state index contributed by atoms with van der Waals surface area (Å²) in [5.74, 6) is 3.11. The van der Waals surface area contributed by atoms with Gasteiger partial charge in [-0.15, -0.1) is 61.9 Å². The number of aromatic amines is 1. The van der Waals surface area contributed by atoms with Crippen LogP contribution in [-0.4, -0.2) is 216 Å². The number of para-hydroxylation sites is 7. The topological polar surface area (TPSA) is 534 Å². The summed E-state index contributed by atoms with van der Waals surface area (Å²) in [4.78, 5) is 31.1. The van der Waals surface area contributed by atoms with Gasteiger partial charge in [-0.3, -0.25) is 20.0 Å². The number of hydrogen-bond donors (Lipinski definition) is 17. The Labute approximate surface area is 872 Å². The Morgan fingerprint density at radius 1 is 0.441 bits per heavy atom. The number of fused-ring (bicyclic) bond motifs is 7. The number of thioether (sulfide) groups is 6. The van der Waals surface area contributed by atoms with E-state index in [0.717, 1.165) is 53.7 Å². The second-order valence-corrected chi connectivity index (χ2v) is 43.4. The number of H-pyrrole nitrogens is 1. The Morgan fingerprint density at radius 3 is 1.18 bits per heavy atom. The van der Waals surface area contributed by atoms with Crippen LogP contribution in [0.15, 0.2) is 265 Å². The van der Waals surface area contributed by atoms with Crippen molar-refractivity contribution in [3.8, 4) is 40.2 Å². The van der Waals surface area contributed by atoms with Crippen LogP contribution in [0, 0.1) is 5.41 Å². The van der Waals surface area contributed by atoms with Crippen molar-refractivity contribution in [2.45, 2.75) is 134 Å². The van der Waals surface area contributed by atoms with E-state index in [1.807, 2.05) is 133 Å². The fourth-order valence-electron chi connectivity index (χ4n) is 15.6. The number of nitrogens with zero attached hydrogens (tertiary/aromatic N) is 6. The summed E-state index contributed by atoms with van der Waals surface area (Å²) in [6.07, 6.45) is 11.5. The van der Waals surface area contributed by atoms with Crippen molar-refractivity contribution >= 4 is 200 Å². The van der Waals surface area contributed by atoms with Crippen LogP contribution in [0.1, 0.15) is 109 Å². The maximum absolute atomic E-state index is 11.1. The molecule has 11 heterocycles. The first-order valence-electron chi connectivity index (χ1n) is 44.9. The van der Waals surface area contributed by atoms with Gasteiger partial charge in [-0.1, -0.05) is 196 Å². The number of thiazole rings is 1. The summed E-state index contributed by atoms with van der Waals surface area (Å²) < 4.78 is 46.2. The van der Waals surface area contributed by atoms with Crippen molar-refractivity contribution in [3.05, 3.63) is 335 Å². The number of hydrogen-bond acceptors (Lipinski definition) is 39. The van der Waals surface area contributed by atoms with Crippen molar-refractivity contribution in [2.75, 3.05) is 5.75 Å². The fourth-order valence-corrected chi connectivity index (χ4v) is 23.8. The van der Waals surface area contributed by atoms with Gasteiger partial charge in [0, 0.05) is 47.5 Å². The number of primary amides is 1. The first kappa shape index (κ1) is 110. The van der Waals surface area contributed by atoms with E-state index in [2.05, 4.69) is 81.6 Å². The average Bonchev–Trinajstić information content (AvgIpc) is 1.70. The minimum Gasteiger partial charge on any atom is -0.535 e. The number of aliphatic hydroxyl groups is 7. The van der Waals surface area contributed by atoms with E-state index in [9.17, 15) is 80.5 Å². The van der Waals surface area contributed by atoms with E-state index in [1.165, 1.54) is 100 Å². The number of rotatable bonds is 25. The number of ketones is 1. The molecule has 33 nitrogen and oxygen atoms in total. The van der Waals surface area contributed by atoms with Gasteiger partial charge in [0.1, 0.15) is 107 Å². The van der Waals surface area contributed by atoms with Crippen molar-refractivity contribution in [1.29, 1.82) is 5.41 Å². The smallest absolute Gasteiger partial charge is 0.535 e. The van der Waals surface area contributed by atoms with Crippen molar-refractivity contribution in [1.82, 2.24) is 35.6 Å². The number of aromatic nitrogens is 7. The number of nitrogens with two attached hydrogens (primary N) is 1. The molecule has 8 aromatic carbocycles. The van der Waals surface area contributed by atoms with Gasteiger partial charge in [-0.05, 0) is 151 Å². The predicted molar refractivity (Wildman–Crippen MR) is 578 cm³/mol. The number of Topliss-reactive ketones (excluding diaryl/α,β-unsaturated/α-hetero) is 1. The third-order valence-electron chi connectivity index (χ3n) is 22.4. The number of aliphatic hydroxyl groups excluding tert-OH is 7. The number of pyridine rings is 1. The number of amides is 1. The van der Waals surface area contributed by atoms with Gasteiger partial charge in [-0.25, -0.2) is 4.98 Å². The summed E-state index contributed by atoms with van der Waals surface area (Å²) in [6, 6.07) is 51.2. The molecule has 145 heavy (non-hydrogen) atoms. The molecular formula is C97H100B7N9O24S8.